The Kier molecular flexibility index (Phi) is 5.48. The van der Waals surface area contributed by atoms with Crippen molar-refractivity contribution in [2.24, 2.45) is 10.7 Å². The summed E-state index contributed by atoms with van der Waals surface area (Å²) in [7, 11) is -2.74. The fourth-order valence-electron chi connectivity index (χ4n) is 3.93. The Morgan fingerprint density at radius 2 is 2.16 bits per heavy atom. The molecule has 31 heavy (non-hydrogen) atoms. The molecule has 1 aromatic heterocycles. The van der Waals surface area contributed by atoms with Gasteiger partial charge in [-0.25, -0.2) is 22.1 Å². The van der Waals surface area contributed by atoms with Crippen LogP contribution in [0.25, 0.3) is 0 Å². The number of guanidine groups is 1. The molecule has 164 valence electrons. The molecule has 0 aliphatic carbocycles. The number of nitrogens with two attached hydrogens (primary N) is 1. The lowest BCUT2D eigenvalue weighted by Crippen LogP contribution is -2.60. The van der Waals surface area contributed by atoms with Crippen molar-refractivity contribution >= 4 is 33.4 Å². The normalized spacial score (nSPS) is 24.9. The third-order valence-electron chi connectivity index (χ3n) is 5.53. The summed E-state index contributed by atoms with van der Waals surface area (Å²) in [6.07, 6.45) is 2.02. The smallest absolute Gasteiger partial charge is 0.267 e. The van der Waals surface area contributed by atoms with Gasteiger partial charge < -0.3 is 10.5 Å². The first-order chi connectivity index (χ1) is 14.6. The lowest BCUT2D eigenvalue weighted by atomic mass is 9.83. The highest BCUT2D eigenvalue weighted by atomic mass is 35.5. The molecule has 1 aromatic carbocycles. The van der Waals surface area contributed by atoms with Gasteiger partial charge >= 0.3 is 0 Å². The van der Waals surface area contributed by atoms with E-state index in [1.165, 1.54) is 37.5 Å². The number of hydrogen-bond acceptors (Lipinski definition) is 7. The summed E-state index contributed by atoms with van der Waals surface area (Å²) in [5.74, 6) is -1.18. The molecule has 2 aromatic rings. The monoisotopic (exact) mass is 466 g/mol. The molecule has 1 saturated heterocycles. The maximum absolute atomic E-state index is 15.0. The molecule has 2 aliphatic heterocycles. The minimum absolute atomic E-state index is 0.0335. The van der Waals surface area contributed by atoms with Crippen LogP contribution in [-0.4, -0.2) is 48.5 Å². The molecule has 11 heteroatoms. The molecular weight excluding hydrogens is 447 g/mol. The third kappa shape index (κ3) is 3.68. The molecule has 3 heterocycles. The molecule has 2 N–H and O–H groups in total. The van der Waals surface area contributed by atoms with Crippen molar-refractivity contribution < 1.29 is 22.3 Å². The number of fused-ring (bicyclic) bond motifs is 1. The number of halogens is 2. The van der Waals surface area contributed by atoms with Crippen LogP contribution in [0.3, 0.4) is 0 Å². The lowest BCUT2D eigenvalue weighted by Gasteiger charge is -2.45. The van der Waals surface area contributed by atoms with Crippen molar-refractivity contribution in [3.8, 4) is 0 Å². The summed E-state index contributed by atoms with van der Waals surface area (Å²) in [6, 6.07) is 7.19. The van der Waals surface area contributed by atoms with Crippen LogP contribution in [0.15, 0.2) is 41.5 Å². The Labute approximate surface area is 183 Å². The van der Waals surface area contributed by atoms with Crippen LogP contribution in [0.2, 0.25) is 5.02 Å². The number of hydrogen-bond donors (Lipinski definition) is 1. The first-order valence-electron chi connectivity index (χ1n) is 9.53. The predicted octanol–water partition coefficient (Wildman–Crippen LogP) is 2.22. The van der Waals surface area contributed by atoms with Crippen molar-refractivity contribution in [2.75, 3.05) is 13.7 Å². The van der Waals surface area contributed by atoms with E-state index in [4.69, 9.17) is 22.1 Å². The zero-order valence-electron chi connectivity index (χ0n) is 16.6. The fourth-order valence-corrected chi connectivity index (χ4v) is 5.69. The van der Waals surface area contributed by atoms with Crippen LogP contribution in [0.5, 0.6) is 0 Å². The number of Topliss-reactive ketones (excluding diaryl/α,β-unsaturated/α-hetero) is 1. The quantitative estimate of drug-likeness (QED) is 0.691. The van der Waals surface area contributed by atoms with Crippen molar-refractivity contribution in [1.82, 2.24) is 9.29 Å². The topological polar surface area (TPSA) is 115 Å². The molecule has 2 aliphatic rings. The van der Waals surface area contributed by atoms with Crippen LogP contribution >= 0.6 is 11.6 Å². The van der Waals surface area contributed by atoms with E-state index in [0.29, 0.717) is 17.0 Å². The molecular formula is C20H20ClFN4O4S. The first-order valence-corrected chi connectivity index (χ1v) is 11.4. The third-order valence-corrected chi connectivity index (χ3v) is 7.77. The fraction of sp³-hybridized carbons (Fsp3) is 0.350. The van der Waals surface area contributed by atoms with Crippen LogP contribution in [0.1, 0.15) is 34.5 Å². The zero-order valence-corrected chi connectivity index (χ0v) is 18.2. The van der Waals surface area contributed by atoms with Gasteiger partial charge in [-0.1, -0.05) is 17.7 Å². The minimum atomic E-state index is -4.02. The lowest BCUT2D eigenvalue weighted by molar-refractivity contribution is 0.000551. The van der Waals surface area contributed by atoms with Crippen LogP contribution in [-0.2, 0) is 26.7 Å². The summed E-state index contributed by atoms with van der Waals surface area (Å²) >= 11 is 5.81. The summed E-state index contributed by atoms with van der Waals surface area (Å²) < 4.78 is 47.4. The first kappa shape index (κ1) is 21.7. The maximum Gasteiger partial charge on any atom is 0.267 e. The molecule has 1 unspecified atom stereocenters. The van der Waals surface area contributed by atoms with Gasteiger partial charge in [0.1, 0.15) is 17.1 Å². The van der Waals surface area contributed by atoms with E-state index in [0.717, 1.165) is 4.31 Å². The number of sulfonamides is 1. The highest BCUT2D eigenvalue weighted by Crippen LogP contribution is 2.45. The second kappa shape index (κ2) is 7.85. The summed E-state index contributed by atoms with van der Waals surface area (Å²) in [5.41, 5.74) is 3.68. The van der Waals surface area contributed by atoms with Crippen LogP contribution in [0.4, 0.5) is 4.39 Å². The number of rotatable bonds is 4. The van der Waals surface area contributed by atoms with Crippen LogP contribution < -0.4 is 5.73 Å². The van der Waals surface area contributed by atoms with Crippen LogP contribution in [0, 0.1) is 5.82 Å². The molecule has 0 amide bonds. The molecule has 4 rings (SSSR count). The Hall–Kier alpha value is -2.56. The van der Waals surface area contributed by atoms with Gasteiger partial charge in [-0.3, -0.25) is 9.78 Å². The van der Waals surface area contributed by atoms with Gasteiger partial charge in [-0.15, -0.1) is 0 Å². The highest BCUT2D eigenvalue weighted by Gasteiger charge is 2.56. The molecule has 0 spiro atoms. The van der Waals surface area contributed by atoms with E-state index < -0.39 is 26.8 Å². The summed E-state index contributed by atoms with van der Waals surface area (Å²) in [5, 5.41) is 0.405. The molecule has 2 atom stereocenters. The Morgan fingerprint density at radius 1 is 1.39 bits per heavy atom. The van der Waals surface area contributed by atoms with Crippen molar-refractivity contribution in [3.63, 3.8) is 0 Å². The van der Waals surface area contributed by atoms with Gasteiger partial charge in [0.25, 0.3) is 10.0 Å². The number of aliphatic imine (C=N–C) groups is 1. The Bertz CT molecular complexity index is 1170. The highest BCUT2D eigenvalue weighted by molar-refractivity contribution is 7.90. The van der Waals surface area contributed by atoms with Crippen molar-refractivity contribution in [1.29, 1.82) is 0 Å². The summed E-state index contributed by atoms with van der Waals surface area (Å²) in [6.45, 7) is 0.205. The van der Waals surface area contributed by atoms with E-state index in [9.17, 15) is 13.2 Å². The van der Waals surface area contributed by atoms with E-state index >= 15 is 4.39 Å². The number of nitrogens with zero attached hydrogens (tertiary/aromatic N) is 3. The molecule has 0 saturated carbocycles. The molecule has 1 fully saturated rings. The van der Waals surface area contributed by atoms with Gasteiger partial charge in [-0.2, -0.15) is 0 Å². The van der Waals surface area contributed by atoms with Crippen molar-refractivity contribution in [2.45, 2.75) is 30.2 Å². The number of ether oxygens (including phenoxy) is 1. The number of carbonyl (C=O) groups is 1. The second-order valence-electron chi connectivity index (χ2n) is 7.49. The minimum Gasteiger partial charge on any atom is -0.369 e. The van der Waals surface area contributed by atoms with Crippen molar-refractivity contribution in [3.05, 3.63) is 64.2 Å². The number of carbonyl (C=O) groups excluding carboxylic acids is 1. The standard InChI is InChI=1S/C20H20ClFN4O4S/c1-26-19(23)25-20(7-2-8-30-18(20)31(26,28)29)14-9-12(3-5-15(14)22)10-17(27)16-6-4-13(21)11-24-16/h3-6,9,11,18H,2,7-8,10H2,1H3,(H2,23,25)/t18?,20-/m1/s1. The average molecular weight is 467 g/mol. The SMILES string of the molecule is CN1C(N)=N[C@@]2(c3cc(CC(=O)c4ccc(Cl)cn4)ccc3F)CCCOC2S1(=O)=O. The zero-order chi connectivity index (χ0) is 22.4. The number of benzene rings is 1. The Balaban J connectivity index is 1.77. The van der Waals surface area contributed by atoms with Gasteiger partial charge in [0.2, 0.25) is 11.4 Å². The van der Waals surface area contributed by atoms with E-state index in [1.807, 2.05) is 0 Å². The maximum atomic E-state index is 15.0. The summed E-state index contributed by atoms with van der Waals surface area (Å²) in [4.78, 5) is 21.0. The largest absolute Gasteiger partial charge is 0.369 e. The van der Waals surface area contributed by atoms with E-state index in [1.54, 1.807) is 6.07 Å². The predicted molar refractivity (Wildman–Crippen MR) is 113 cm³/mol. The average Bonchev–Trinajstić information content (AvgIpc) is 2.74. The molecule has 0 bridgehead atoms. The number of aromatic nitrogens is 1. The Morgan fingerprint density at radius 3 is 2.87 bits per heavy atom. The second-order valence-corrected chi connectivity index (χ2v) is 9.93. The van der Waals surface area contributed by atoms with E-state index in [-0.39, 0.29) is 42.4 Å². The number of pyridine rings is 1. The molecule has 8 nitrogen and oxygen atoms in total. The van der Waals surface area contributed by atoms with Gasteiger partial charge in [0, 0.05) is 31.8 Å². The van der Waals surface area contributed by atoms with Gasteiger partial charge in [0.15, 0.2) is 5.78 Å². The molecule has 0 radical (unpaired) electrons. The number of ketones is 1. The van der Waals surface area contributed by atoms with Gasteiger partial charge in [0.05, 0.1) is 5.02 Å². The van der Waals surface area contributed by atoms with E-state index in [2.05, 4.69) is 9.98 Å². The van der Waals surface area contributed by atoms with Gasteiger partial charge in [-0.05, 0) is 42.7 Å².